The minimum absolute atomic E-state index is 0.315. The first-order valence-electron chi connectivity index (χ1n) is 4.07. The lowest BCUT2D eigenvalue weighted by Crippen LogP contribution is -2.40. The minimum Gasteiger partial charge on any atom is -0.321 e. The van der Waals surface area contributed by atoms with Gasteiger partial charge >= 0.3 is 18.3 Å². The number of carbonyl (C=O) groups excluding carboxylic acids is 1. The minimum atomic E-state index is -4.80. The SMILES string of the molecule is O=C(Nc1cccc(F)c1)C(F)(F)C(F)F. The van der Waals surface area contributed by atoms with Crippen LogP contribution in [0.4, 0.5) is 27.6 Å². The number of hydrogen-bond acceptors (Lipinski definition) is 1. The number of hydrogen-bond donors (Lipinski definition) is 1. The molecule has 88 valence electrons. The summed E-state index contributed by atoms with van der Waals surface area (Å²) in [6, 6.07) is 3.99. The molecule has 0 aliphatic carbocycles. The largest absolute Gasteiger partial charge is 0.383 e. The molecule has 0 spiro atoms. The number of nitrogens with one attached hydrogen (secondary N) is 1. The van der Waals surface area contributed by atoms with Gasteiger partial charge in [-0.05, 0) is 18.2 Å². The third kappa shape index (κ3) is 2.68. The summed E-state index contributed by atoms with van der Waals surface area (Å²) in [5.74, 6) is -7.75. The molecule has 1 aromatic carbocycles. The fraction of sp³-hybridized carbons (Fsp3) is 0.222. The van der Waals surface area contributed by atoms with Crippen LogP contribution in [0.2, 0.25) is 0 Å². The highest BCUT2D eigenvalue weighted by Gasteiger charge is 2.48. The molecule has 0 unspecified atom stereocenters. The predicted molar refractivity (Wildman–Crippen MR) is 46.0 cm³/mol. The van der Waals surface area contributed by atoms with Crippen LogP contribution < -0.4 is 5.32 Å². The van der Waals surface area contributed by atoms with E-state index in [1.54, 1.807) is 0 Å². The maximum atomic E-state index is 12.6. The highest BCUT2D eigenvalue weighted by molar-refractivity contribution is 5.96. The molecule has 7 heteroatoms. The van der Waals surface area contributed by atoms with Crippen molar-refractivity contribution in [2.24, 2.45) is 0 Å². The maximum absolute atomic E-state index is 12.6. The fourth-order valence-electron chi connectivity index (χ4n) is 0.880. The van der Waals surface area contributed by atoms with Gasteiger partial charge < -0.3 is 5.32 Å². The van der Waals surface area contributed by atoms with Crippen molar-refractivity contribution in [3.05, 3.63) is 30.1 Å². The highest BCUT2D eigenvalue weighted by atomic mass is 19.3. The third-order valence-corrected chi connectivity index (χ3v) is 1.66. The second kappa shape index (κ2) is 4.46. The van der Waals surface area contributed by atoms with Gasteiger partial charge in [-0.2, -0.15) is 8.78 Å². The van der Waals surface area contributed by atoms with Gasteiger partial charge in [-0.1, -0.05) is 6.07 Å². The standard InChI is InChI=1S/C9H6F5NO/c10-5-2-1-3-6(4-5)15-8(16)9(13,14)7(11)12/h1-4,7H,(H,15,16). The monoisotopic (exact) mass is 239 g/mol. The van der Waals surface area contributed by atoms with Crippen molar-refractivity contribution in [1.29, 1.82) is 0 Å². The second-order valence-corrected chi connectivity index (χ2v) is 2.89. The van der Waals surface area contributed by atoms with Crippen LogP contribution >= 0.6 is 0 Å². The van der Waals surface area contributed by atoms with E-state index in [1.807, 2.05) is 0 Å². The zero-order valence-electron chi connectivity index (χ0n) is 7.68. The molecular weight excluding hydrogens is 233 g/mol. The number of halogens is 5. The first-order valence-corrected chi connectivity index (χ1v) is 4.07. The van der Waals surface area contributed by atoms with Gasteiger partial charge in [0.1, 0.15) is 5.82 Å². The molecule has 1 aromatic rings. The van der Waals surface area contributed by atoms with Crippen LogP contribution in [0.3, 0.4) is 0 Å². The van der Waals surface area contributed by atoms with Crippen LogP contribution in [-0.2, 0) is 4.79 Å². The molecular formula is C9H6F5NO. The Kier molecular flexibility index (Phi) is 3.46. The first kappa shape index (κ1) is 12.4. The third-order valence-electron chi connectivity index (χ3n) is 1.66. The lowest BCUT2D eigenvalue weighted by Gasteiger charge is -2.14. The molecule has 0 atom stereocenters. The molecule has 0 radical (unpaired) electrons. The summed E-state index contributed by atoms with van der Waals surface area (Å²) < 4.78 is 61.0. The maximum Gasteiger partial charge on any atom is 0.383 e. The van der Waals surface area contributed by atoms with Gasteiger partial charge in [0.15, 0.2) is 0 Å². The molecule has 16 heavy (non-hydrogen) atoms. The molecule has 0 bridgehead atoms. The number of amides is 1. The Labute approximate surface area is 87.1 Å². The Morgan fingerprint density at radius 1 is 1.31 bits per heavy atom. The van der Waals surface area contributed by atoms with Crippen molar-refractivity contribution in [3.63, 3.8) is 0 Å². The van der Waals surface area contributed by atoms with E-state index in [0.29, 0.717) is 0 Å². The fourth-order valence-corrected chi connectivity index (χ4v) is 0.880. The van der Waals surface area contributed by atoms with Crippen LogP contribution in [0.25, 0.3) is 0 Å². The lowest BCUT2D eigenvalue weighted by atomic mass is 10.2. The Morgan fingerprint density at radius 2 is 1.94 bits per heavy atom. The van der Waals surface area contributed by atoms with Gasteiger partial charge in [-0.3, -0.25) is 4.79 Å². The molecule has 0 fully saturated rings. The summed E-state index contributed by atoms with van der Waals surface area (Å²) in [6.45, 7) is 0. The smallest absolute Gasteiger partial charge is 0.321 e. The Hall–Kier alpha value is -1.66. The van der Waals surface area contributed by atoms with Crippen molar-refractivity contribution >= 4 is 11.6 Å². The quantitative estimate of drug-likeness (QED) is 0.807. The number of alkyl halides is 4. The normalized spacial score (nSPS) is 11.6. The molecule has 1 amide bonds. The molecule has 1 N–H and O–H groups in total. The van der Waals surface area contributed by atoms with Gasteiger partial charge in [0.2, 0.25) is 0 Å². The molecule has 0 saturated carbocycles. The molecule has 1 rings (SSSR count). The average Bonchev–Trinajstić information content (AvgIpc) is 2.17. The van der Waals surface area contributed by atoms with Crippen molar-refractivity contribution in [2.45, 2.75) is 12.3 Å². The number of carbonyl (C=O) groups is 1. The zero-order chi connectivity index (χ0) is 12.3. The molecule has 0 aromatic heterocycles. The summed E-state index contributed by atoms with van der Waals surface area (Å²) in [6.07, 6.45) is -4.11. The van der Waals surface area contributed by atoms with Gasteiger partial charge in [0.25, 0.3) is 0 Å². The molecule has 0 heterocycles. The van der Waals surface area contributed by atoms with E-state index < -0.39 is 24.1 Å². The van der Waals surface area contributed by atoms with Crippen LogP contribution in [0.15, 0.2) is 24.3 Å². The molecule has 0 saturated heterocycles. The van der Waals surface area contributed by atoms with Crippen molar-refractivity contribution in [2.75, 3.05) is 5.32 Å². The zero-order valence-corrected chi connectivity index (χ0v) is 7.68. The van der Waals surface area contributed by atoms with Gasteiger partial charge in [-0.25, -0.2) is 13.2 Å². The summed E-state index contributed by atoms with van der Waals surface area (Å²) in [5.41, 5.74) is -0.315. The Balaban J connectivity index is 2.79. The predicted octanol–water partition coefficient (Wildman–Crippen LogP) is 2.66. The summed E-state index contributed by atoms with van der Waals surface area (Å²) >= 11 is 0. The average molecular weight is 239 g/mol. The lowest BCUT2D eigenvalue weighted by molar-refractivity contribution is -0.163. The summed E-state index contributed by atoms with van der Waals surface area (Å²) in [7, 11) is 0. The van der Waals surface area contributed by atoms with Crippen LogP contribution in [0, 0.1) is 5.82 Å². The van der Waals surface area contributed by atoms with Gasteiger partial charge in [-0.15, -0.1) is 0 Å². The van der Waals surface area contributed by atoms with Crippen molar-refractivity contribution < 1.29 is 26.7 Å². The number of rotatable bonds is 3. The van der Waals surface area contributed by atoms with Crippen LogP contribution in [-0.4, -0.2) is 18.3 Å². The second-order valence-electron chi connectivity index (χ2n) is 2.89. The number of benzene rings is 1. The van der Waals surface area contributed by atoms with Crippen LogP contribution in [0.1, 0.15) is 0 Å². The topological polar surface area (TPSA) is 29.1 Å². The van der Waals surface area contributed by atoms with E-state index in [1.165, 1.54) is 5.32 Å². The molecule has 2 nitrogen and oxygen atoms in total. The van der Waals surface area contributed by atoms with E-state index in [4.69, 9.17) is 0 Å². The summed E-state index contributed by atoms with van der Waals surface area (Å²) in [5, 5.41) is 1.50. The van der Waals surface area contributed by atoms with E-state index in [2.05, 4.69) is 0 Å². The van der Waals surface area contributed by atoms with E-state index >= 15 is 0 Å². The number of anilines is 1. The van der Waals surface area contributed by atoms with Gasteiger partial charge in [0, 0.05) is 5.69 Å². The van der Waals surface area contributed by atoms with E-state index in [-0.39, 0.29) is 5.69 Å². The highest BCUT2D eigenvalue weighted by Crippen LogP contribution is 2.24. The first-order chi connectivity index (χ1) is 7.34. The summed E-state index contributed by atoms with van der Waals surface area (Å²) in [4.78, 5) is 10.7. The Bertz CT molecular complexity index is 393. The Morgan fingerprint density at radius 3 is 2.44 bits per heavy atom. The molecule has 0 aliphatic rings. The van der Waals surface area contributed by atoms with E-state index in [0.717, 1.165) is 24.3 Å². The molecule has 0 aliphatic heterocycles. The van der Waals surface area contributed by atoms with E-state index in [9.17, 15) is 26.7 Å². The van der Waals surface area contributed by atoms with Crippen LogP contribution in [0.5, 0.6) is 0 Å². The van der Waals surface area contributed by atoms with Gasteiger partial charge in [0.05, 0.1) is 0 Å². The van der Waals surface area contributed by atoms with Crippen molar-refractivity contribution in [1.82, 2.24) is 0 Å². The van der Waals surface area contributed by atoms with Crippen molar-refractivity contribution in [3.8, 4) is 0 Å².